The highest BCUT2D eigenvalue weighted by molar-refractivity contribution is 5.36. The van der Waals surface area contributed by atoms with E-state index in [0.29, 0.717) is 6.10 Å². The van der Waals surface area contributed by atoms with Crippen LogP contribution in [0.1, 0.15) is 25.7 Å². The normalized spacial score (nSPS) is 16.9. The molecule has 0 spiro atoms. The first-order valence-electron chi connectivity index (χ1n) is 5.05. The van der Waals surface area contributed by atoms with Gasteiger partial charge in [-0.2, -0.15) is 0 Å². The van der Waals surface area contributed by atoms with Crippen molar-refractivity contribution in [3.63, 3.8) is 0 Å². The molecule has 2 rings (SSSR count). The van der Waals surface area contributed by atoms with Gasteiger partial charge in [-0.1, -0.05) is 0 Å². The molecule has 0 unspecified atom stereocenters. The van der Waals surface area contributed by atoms with Crippen molar-refractivity contribution in [2.75, 3.05) is 7.11 Å². The van der Waals surface area contributed by atoms with Gasteiger partial charge in [-0.15, -0.1) is 0 Å². The number of nitrogens with zero attached hydrogens (tertiary/aromatic N) is 1. The average Bonchev–Trinajstić information content (AvgIpc) is 2.71. The van der Waals surface area contributed by atoms with E-state index < -0.39 is 0 Å². The summed E-state index contributed by atoms with van der Waals surface area (Å²) < 4.78 is 11.0. The predicted octanol–water partition coefficient (Wildman–Crippen LogP) is 2.41. The van der Waals surface area contributed by atoms with Gasteiger partial charge in [0.05, 0.1) is 19.4 Å². The van der Waals surface area contributed by atoms with Crippen LogP contribution in [0.4, 0.5) is 0 Å². The van der Waals surface area contributed by atoms with Gasteiger partial charge in [0.1, 0.15) is 0 Å². The molecule has 0 saturated heterocycles. The van der Waals surface area contributed by atoms with Gasteiger partial charge in [0.2, 0.25) is 0 Å². The van der Waals surface area contributed by atoms with Gasteiger partial charge < -0.3 is 9.47 Å². The fourth-order valence-corrected chi connectivity index (χ4v) is 1.81. The van der Waals surface area contributed by atoms with E-state index >= 15 is 0 Å². The first kappa shape index (κ1) is 9.31. The minimum absolute atomic E-state index is 0.355. The van der Waals surface area contributed by atoms with Crippen LogP contribution in [0.15, 0.2) is 18.5 Å². The molecule has 14 heavy (non-hydrogen) atoms. The molecule has 1 aromatic heterocycles. The maximum absolute atomic E-state index is 5.81. The van der Waals surface area contributed by atoms with E-state index in [-0.39, 0.29) is 0 Å². The molecule has 0 radical (unpaired) electrons. The Morgan fingerprint density at radius 1 is 1.29 bits per heavy atom. The van der Waals surface area contributed by atoms with Crippen molar-refractivity contribution in [1.82, 2.24) is 4.98 Å². The maximum atomic E-state index is 5.81. The number of pyridine rings is 1. The fraction of sp³-hybridized carbons (Fsp3) is 0.545. The second kappa shape index (κ2) is 4.31. The van der Waals surface area contributed by atoms with E-state index in [0.717, 1.165) is 24.3 Å². The molecule has 3 heteroatoms. The third kappa shape index (κ3) is 1.97. The summed E-state index contributed by atoms with van der Waals surface area (Å²) in [5, 5.41) is 0. The Morgan fingerprint density at radius 3 is 2.79 bits per heavy atom. The largest absolute Gasteiger partial charge is 0.493 e. The van der Waals surface area contributed by atoms with E-state index in [1.807, 2.05) is 6.07 Å². The second-order valence-electron chi connectivity index (χ2n) is 3.55. The van der Waals surface area contributed by atoms with Crippen LogP contribution in [0, 0.1) is 0 Å². The highest BCUT2D eigenvalue weighted by Gasteiger charge is 2.18. The molecule has 1 aliphatic rings. The molecule has 0 aromatic carbocycles. The number of hydrogen-bond donors (Lipinski definition) is 0. The SMILES string of the molecule is COc1ccncc1OC1CCCC1. The first-order chi connectivity index (χ1) is 6.90. The van der Waals surface area contributed by atoms with Crippen LogP contribution >= 0.6 is 0 Å². The summed E-state index contributed by atoms with van der Waals surface area (Å²) >= 11 is 0. The average molecular weight is 193 g/mol. The van der Waals surface area contributed by atoms with Crippen LogP contribution in [-0.2, 0) is 0 Å². The summed E-state index contributed by atoms with van der Waals surface area (Å²) in [5.41, 5.74) is 0. The molecule has 0 amide bonds. The Kier molecular flexibility index (Phi) is 2.87. The van der Waals surface area contributed by atoms with Crippen LogP contribution in [0.2, 0.25) is 0 Å². The van der Waals surface area contributed by atoms with Gasteiger partial charge in [0, 0.05) is 12.3 Å². The van der Waals surface area contributed by atoms with E-state index in [1.165, 1.54) is 12.8 Å². The van der Waals surface area contributed by atoms with Gasteiger partial charge >= 0.3 is 0 Å². The minimum Gasteiger partial charge on any atom is -0.493 e. The lowest BCUT2D eigenvalue weighted by Crippen LogP contribution is -2.11. The molecule has 0 bridgehead atoms. The van der Waals surface area contributed by atoms with Crippen LogP contribution < -0.4 is 9.47 Å². The van der Waals surface area contributed by atoms with Crippen LogP contribution in [-0.4, -0.2) is 18.2 Å². The molecule has 3 nitrogen and oxygen atoms in total. The Bertz CT molecular complexity index is 295. The maximum Gasteiger partial charge on any atom is 0.179 e. The predicted molar refractivity (Wildman–Crippen MR) is 53.7 cm³/mol. The quantitative estimate of drug-likeness (QED) is 0.738. The van der Waals surface area contributed by atoms with E-state index in [9.17, 15) is 0 Å². The first-order valence-corrected chi connectivity index (χ1v) is 5.05. The van der Waals surface area contributed by atoms with Crippen molar-refractivity contribution in [3.05, 3.63) is 18.5 Å². The summed E-state index contributed by atoms with van der Waals surface area (Å²) in [6, 6.07) is 1.82. The van der Waals surface area contributed by atoms with Crippen molar-refractivity contribution in [1.29, 1.82) is 0 Å². The zero-order valence-corrected chi connectivity index (χ0v) is 8.40. The molecule has 0 N–H and O–H groups in total. The highest BCUT2D eigenvalue weighted by atomic mass is 16.5. The van der Waals surface area contributed by atoms with E-state index in [1.54, 1.807) is 19.5 Å². The minimum atomic E-state index is 0.355. The number of rotatable bonds is 3. The lowest BCUT2D eigenvalue weighted by atomic mass is 10.3. The number of hydrogen-bond acceptors (Lipinski definition) is 3. The van der Waals surface area contributed by atoms with Gasteiger partial charge in [-0.3, -0.25) is 4.98 Å². The topological polar surface area (TPSA) is 31.4 Å². The lowest BCUT2D eigenvalue weighted by molar-refractivity contribution is 0.200. The van der Waals surface area contributed by atoms with E-state index in [2.05, 4.69) is 4.98 Å². The van der Waals surface area contributed by atoms with Crippen molar-refractivity contribution in [3.8, 4) is 11.5 Å². The van der Waals surface area contributed by atoms with Gasteiger partial charge in [-0.25, -0.2) is 0 Å². The third-order valence-corrected chi connectivity index (χ3v) is 2.56. The molecule has 1 heterocycles. The number of aromatic nitrogens is 1. The van der Waals surface area contributed by atoms with Crippen molar-refractivity contribution >= 4 is 0 Å². The highest BCUT2D eigenvalue weighted by Crippen LogP contribution is 2.29. The summed E-state index contributed by atoms with van der Waals surface area (Å²) in [6.45, 7) is 0. The zero-order chi connectivity index (χ0) is 9.80. The number of methoxy groups -OCH3 is 1. The van der Waals surface area contributed by atoms with E-state index in [4.69, 9.17) is 9.47 Å². The van der Waals surface area contributed by atoms with Crippen LogP contribution in [0.25, 0.3) is 0 Å². The summed E-state index contributed by atoms with van der Waals surface area (Å²) in [7, 11) is 1.65. The van der Waals surface area contributed by atoms with Crippen molar-refractivity contribution in [2.24, 2.45) is 0 Å². The van der Waals surface area contributed by atoms with Crippen LogP contribution in [0.3, 0.4) is 0 Å². The summed E-state index contributed by atoms with van der Waals surface area (Å²) in [6.07, 6.45) is 8.63. The lowest BCUT2D eigenvalue weighted by Gasteiger charge is -2.14. The fourth-order valence-electron chi connectivity index (χ4n) is 1.81. The third-order valence-electron chi connectivity index (χ3n) is 2.56. The zero-order valence-electron chi connectivity index (χ0n) is 8.40. The van der Waals surface area contributed by atoms with Gasteiger partial charge in [-0.05, 0) is 25.7 Å². The molecule has 0 aliphatic heterocycles. The molecule has 1 aliphatic carbocycles. The molecule has 1 fully saturated rings. The van der Waals surface area contributed by atoms with Crippen molar-refractivity contribution in [2.45, 2.75) is 31.8 Å². The number of ether oxygens (including phenoxy) is 2. The van der Waals surface area contributed by atoms with Crippen LogP contribution in [0.5, 0.6) is 11.5 Å². The Hall–Kier alpha value is -1.25. The second-order valence-corrected chi connectivity index (χ2v) is 3.55. The van der Waals surface area contributed by atoms with Gasteiger partial charge in [0.15, 0.2) is 11.5 Å². The van der Waals surface area contributed by atoms with Gasteiger partial charge in [0.25, 0.3) is 0 Å². The monoisotopic (exact) mass is 193 g/mol. The van der Waals surface area contributed by atoms with Crippen molar-refractivity contribution < 1.29 is 9.47 Å². The molecule has 1 saturated carbocycles. The summed E-state index contributed by atoms with van der Waals surface area (Å²) in [4.78, 5) is 4.03. The smallest absolute Gasteiger partial charge is 0.179 e. The molecular weight excluding hydrogens is 178 g/mol. The Labute approximate surface area is 84.1 Å². The standard InChI is InChI=1S/C11H15NO2/c1-13-10-6-7-12-8-11(10)14-9-4-2-3-5-9/h6-9H,2-5H2,1H3. The summed E-state index contributed by atoms with van der Waals surface area (Å²) in [5.74, 6) is 1.54. The Balaban J connectivity index is 2.07. The molecule has 76 valence electrons. The molecule has 0 atom stereocenters. The Morgan fingerprint density at radius 2 is 2.07 bits per heavy atom. The molecular formula is C11H15NO2. The molecule has 1 aromatic rings.